The Morgan fingerprint density at radius 2 is 2.22 bits per heavy atom. The second-order valence-electron chi connectivity index (χ2n) is 7.16. The third-order valence-corrected chi connectivity index (χ3v) is 3.98. The van der Waals surface area contributed by atoms with Crippen molar-refractivity contribution in [1.82, 2.24) is 14.9 Å². The van der Waals surface area contributed by atoms with Gasteiger partial charge in [0, 0.05) is 24.7 Å². The first-order valence-electron chi connectivity index (χ1n) is 8.05. The second kappa shape index (κ2) is 5.76. The van der Waals surface area contributed by atoms with E-state index >= 15 is 0 Å². The topological polar surface area (TPSA) is 84.2 Å². The van der Waals surface area contributed by atoms with E-state index in [1.54, 1.807) is 4.90 Å². The van der Waals surface area contributed by atoms with Crippen molar-refractivity contribution < 1.29 is 9.53 Å². The van der Waals surface area contributed by atoms with Crippen LogP contribution >= 0.6 is 0 Å². The number of imidazole rings is 1. The van der Waals surface area contributed by atoms with E-state index in [1.807, 2.05) is 39.0 Å². The molecule has 23 heavy (non-hydrogen) atoms. The van der Waals surface area contributed by atoms with E-state index in [4.69, 9.17) is 10.5 Å². The van der Waals surface area contributed by atoms with E-state index in [9.17, 15) is 4.79 Å². The molecule has 0 bridgehead atoms. The Kier molecular flexibility index (Phi) is 3.92. The Morgan fingerprint density at radius 1 is 1.43 bits per heavy atom. The highest BCUT2D eigenvalue weighted by atomic mass is 16.6. The molecule has 6 nitrogen and oxygen atoms in total. The number of ether oxygens (including phenoxy) is 1. The van der Waals surface area contributed by atoms with E-state index in [-0.39, 0.29) is 12.0 Å². The quantitative estimate of drug-likeness (QED) is 0.791. The molecule has 1 unspecified atom stereocenters. The number of rotatable bonds is 1. The Hall–Kier alpha value is -2.24. The van der Waals surface area contributed by atoms with Crippen molar-refractivity contribution in [1.29, 1.82) is 0 Å². The fourth-order valence-corrected chi connectivity index (χ4v) is 2.93. The Bertz CT molecular complexity index is 717. The molecule has 1 saturated heterocycles. The number of H-pyrrole nitrogens is 1. The fraction of sp³-hybridized carbons (Fsp3) is 0.529. The number of anilines is 1. The van der Waals surface area contributed by atoms with Crippen molar-refractivity contribution in [3.8, 4) is 0 Å². The first kappa shape index (κ1) is 15.6. The maximum Gasteiger partial charge on any atom is 0.410 e. The van der Waals surface area contributed by atoms with Gasteiger partial charge in [-0.1, -0.05) is 0 Å². The lowest BCUT2D eigenvalue weighted by atomic mass is 9.98. The van der Waals surface area contributed by atoms with E-state index in [1.165, 1.54) is 0 Å². The number of likely N-dealkylation sites (tertiary alicyclic amines) is 1. The summed E-state index contributed by atoms with van der Waals surface area (Å²) in [5.41, 5.74) is 7.90. The number of benzene rings is 1. The number of fused-ring (bicyclic) bond motifs is 1. The Balaban J connectivity index is 1.75. The van der Waals surface area contributed by atoms with Gasteiger partial charge in [-0.3, -0.25) is 0 Å². The molecule has 0 saturated carbocycles. The number of carbonyl (C=O) groups excluding carboxylic acids is 1. The zero-order valence-corrected chi connectivity index (χ0v) is 13.9. The van der Waals surface area contributed by atoms with E-state index in [0.29, 0.717) is 12.2 Å². The summed E-state index contributed by atoms with van der Waals surface area (Å²) >= 11 is 0. The molecule has 2 aromatic rings. The van der Waals surface area contributed by atoms with E-state index in [2.05, 4.69) is 9.97 Å². The summed E-state index contributed by atoms with van der Waals surface area (Å²) in [5, 5.41) is 0. The standard InChI is InChI=1S/C17H24N4O2/c1-17(2,3)23-16(22)21-8-4-5-11(10-21)15-19-13-7-6-12(18)9-14(13)20-15/h6-7,9,11H,4-5,8,10,18H2,1-3H3,(H,19,20). The number of nitrogens with two attached hydrogens (primary N) is 1. The minimum absolute atomic E-state index is 0.199. The van der Waals surface area contributed by atoms with Crippen molar-refractivity contribution in [3.05, 3.63) is 24.0 Å². The van der Waals surface area contributed by atoms with Crippen molar-refractivity contribution >= 4 is 22.8 Å². The minimum Gasteiger partial charge on any atom is -0.444 e. The third-order valence-electron chi connectivity index (χ3n) is 3.98. The largest absolute Gasteiger partial charge is 0.444 e. The van der Waals surface area contributed by atoms with Crippen molar-refractivity contribution in [2.75, 3.05) is 18.8 Å². The van der Waals surface area contributed by atoms with Crippen LogP contribution in [0.2, 0.25) is 0 Å². The van der Waals surface area contributed by atoms with Gasteiger partial charge in [-0.2, -0.15) is 0 Å². The summed E-state index contributed by atoms with van der Waals surface area (Å²) in [6, 6.07) is 5.65. The zero-order valence-electron chi connectivity index (χ0n) is 13.9. The van der Waals surface area contributed by atoms with E-state index < -0.39 is 5.60 Å². The van der Waals surface area contributed by atoms with Crippen LogP contribution in [0.4, 0.5) is 10.5 Å². The second-order valence-corrected chi connectivity index (χ2v) is 7.16. The summed E-state index contributed by atoms with van der Waals surface area (Å²) in [6.07, 6.45) is 1.71. The van der Waals surface area contributed by atoms with Gasteiger partial charge in [-0.25, -0.2) is 9.78 Å². The highest BCUT2D eigenvalue weighted by Gasteiger charge is 2.29. The van der Waals surface area contributed by atoms with Gasteiger partial charge >= 0.3 is 6.09 Å². The highest BCUT2D eigenvalue weighted by molar-refractivity contribution is 5.78. The molecule has 6 heteroatoms. The van der Waals surface area contributed by atoms with Gasteiger partial charge < -0.3 is 20.4 Å². The summed E-state index contributed by atoms with van der Waals surface area (Å²) in [6.45, 7) is 7.02. The predicted molar refractivity (Wildman–Crippen MR) is 90.3 cm³/mol. The van der Waals surface area contributed by atoms with Crippen molar-refractivity contribution in [3.63, 3.8) is 0 Å². The molecule has 1 aliphatic heterocycles. The number of hydrogen-bond donors (Lipinski definition) is 2. The molecule has 0 aliphatic carbocycles. The van der Waals surface area contributed by atoms with Gasteiger partial charge in [0.05, 0.1) is 11.0 Å². The molecule has 0 spiro atoms. The number of nitrogen functional groups attached to an aromatic ring is 1. The summed E-state index contributed by atoms with van der Waals surface area (Å²) < 4.78 is 5.48. The summed E-state index contributed by atoms with van der Waals surface area (Å²) in [4.78, 5) is 22.0. The first-order chi connectivity index (χ1) is 10.8. The van der Waals surface area contributed by atoms with E-state index in [0.717, 1.165) is 36.2 Å². The van der Waals surface area contributed by atoms with Gasteiger partial charge in [0.1, 0.15) is 11.4 Å². The molecule has 2 heterocycles. The third kappa shape index (κ3) is 3.57. The van der Waals surface area contributed by atoms with Gasteiger partial charge in [0.2, 0.25) is 0 Å². The van der Waals surface area contributed by atoms with Crippen molar-refractivity contribution in [2.45, 2.75) is 45.1 Å². The molecule has 1 atom stereocenters. The molecule has 3 rings (SSSR count). The lowest BCUT2D eigenvalue weighted by molar-refractivity contribution is 0.0196. The summed E-state index contributed by atoms with van der Waals surface area (Å²) in [7, 11) is 0. The zero-order chi connectivity index (χ0) is 16.6. The van der Waals surface area contributed by atoms with Crippen LogP contribution in [-0.2, 0) is 4.74 Å². The molecule has 1 aliphatic rings. The maximum atomic E-state index is 12.3. The monoisotopic (exact) mass is 316 g/mol. The number of nitrogens with zero attached hydrogens (tertiary/aromatic N) is 2. The molecular weight excluding hydrogens is 292 g/mol. The lowest BCUT2D eigenvalue weighted by Gasteiger charge is -2.33. The average molecular weight is 316 g/mol. The molecule has 1 aromatic heterocycles. The van der Waals surface area contributed by atoms with Crippen LogP contribution in [0, 0.1) is 0 Å². The van der Waals surface area contributed by atoms with Crippen LogP contribution in [0.25, 0.3) is 11.0 Å². The summed E-state index contributed by atoms with van der Waals surface area (Å²) in [5.74, 6) is 1.11. The van der Waals surface area contributed by atoms with Crippen LogP contribution in [0.5, 0.6) is 0 Å². The van der Waals surface area contributed by atoms with Gasteiger partial charge in [0.15, 0.2) is 0 Å². The normalized spacial score (nSPS) is 19.1. The Morgan fingerprint density at radius 3 is 2.96 bits per heavy atom. The molecule has 3 N–H and O–H groups in total. The number of nitrogens with one attached hydrogen (secondary N) is 1. The first-order valence-corrected chi connectivity index (χ1v) is 8.05. The lowest BCUT2D eigenvalue weighted by Crippen LogP contribution is -2.42. The maximum absolute atomic E-state index is 12.3. The number of amides is 1. The number of aromatic nitrogens is 2. The van der Waals surface area contributed by atoms with Crippen LogP contribution in [-0.4, -0.2) is 39.7 Å². The Labute approximate surface area is 136 Å². The van der Waals surface area contributed by atoms with Gasteiger partial charge in [-0.05, 0) is 51.8 Å². The molecule has 1 amide bonds. The van der Waals surface area contributed by atoms with Crippen molar-refractivity contribution in [2.24, 2.45) is 0 Å². The predicted octanol–water partition coefficient (Wildman–Crippen LogP) is 3.26. The average Bonchev–Trinajstić information content (AvgIpc) is 2.88. The number of hydrogen-bond acceptors (Lipinski definition) is 4. The fourth-order valence-electron chi connectivity index (χ4n) is 2.93. The SMILES string of the molecule is CC(C)(C)OC(=O)N1CCCC(c2nc3ccc(N)cc3[nH]2)C1. The van der Waals surface area contributed by atoms with Crippen LogP contribution in [0.1, 0.15) is 45.4 Å². The highest BCUT2D eigenvalue weighted by Crippen LogP contribution is 2.28. The minimum atomic E-state index is -0.471. The van der Waals surface area contributed by atoms with Crippen LogP contribution in [0.3, 0.4) is 0 Å². The number of aromatic amines is 1. The van der Waals surface area contributed by atoms with Crippen LogP contribution < -0.4 is 5.73 Å². The molecule has 0 radical (unpaired) electrons. The number of carbonyl (C=O) groups is 1. The van der Waals surface area contributed by atoms with Crippen LogP contribution in [0.15, 0.2) is 18.2 Å². The molecule has 1 aromatic carbocycles. The van der Waals surface area contributed by atoms with Gasteiger partial charge in [0.25, 0.3) is 0 Å². The number of piperidine rings is 1. The van der Waals surface area contributed by atoms with Gasteiger partial charge in [-0.15, -0.1) is 0 Å². The smallest absolute Gasteiger partial charge is 0.410 e. The molecule has 1 fully saturated rings. The molecular formula is C17H24N4O2. The molecule has 124 valence electrons.